The van der Waals surface area contributed by atoms with Crippen LogP contribution in [-0.2, 0) is 15.8 Å². The van der Waals surface area contributed by atoms with Crippen molar-refractivity contribution in [3.8, 4) is 0 Å². The van der Waals surface area contributed by atoms with Crippen LogP contribution in [0.5, 0.6) is 0 Å². The van der Waals surface area contributed by atoms with Gasteiger partial charge in [0.25, 0.3) is 0 Å². The van der Waals surface area contributed by atoms with E-state index in [-0.39, 0.29) is 11.8 Å². The summed E-state index contributed by atoms with van der Waals surface area (Å²) in [6.45, 7) is 5.88. The Morgan fingerprint density at radius 3 is 2.36 bits per heavy atom. The Morgan fingerprint density at radius 1 is 1.09 bits per heavy atom. The van der Waals surface area contributed by atoms with Crippen LogP contribution in [0, 0.1) is 13.8 Å². The SMILES string of the molecule is Cc1ccc(C)c([C@@H](C)NS(=O)(=O)Cc2ccc(Br)cc2)c1. The molecule has 0 unspecified atom stereocenters. The predicted molar refractivity (Wildman–Crippen MR) is 94.2 cm³/mol. The van der Waals surface area contributed by atoms with Crippen LogP contribution in [0.25, 0.3) is 0 Å². The van der Waals surface area contributed by atoms with Gasteiger partial charge >= 0.3 is 0 Å². The molecule has 0 saturated carbocycles. The fraction of sp³-hybridized carbons (Fsp3) is 0.294. The Kier molecular flexibility index (Phi) is 5.42. The van der Waals surface area contributed by atoms with Crippen LogP contribution in [0.15, 0.2) is 46.9 Å². The molecule has 0 amide bonds. The van der Waals surface area contributed by atoms with E-state index in [4.69, 9.17) is 0 Å². The van der Waals surface area contributed by atoms with E-state index in [9.17, 15) is 8.42 Å². The summed E-state index contributed by atoms with van der Waals surface area (Å²) in [4.78, 5) is 0. The number of hydrogen-bond acceptors (Lipinski definition) is 2. The Hall–Kier alpha value is -1.17. The molecule has 2 rings (SSSR count). The summed E-state index contributed by atoms with van der Waals surface area (Å²) in [5, 5.41) is 0. The zero-order valence-corrected chi connectivity index (χ0v) is 15.3. The third kappa shape index (κ3) is 4.66. The summed E-state index contributed by atoms with van der Waals surface area (Å²) in [5.41, 5.74) is 3.99. The molecule has 0 radical (unpaired) electrons. The van der Waals surface area contributed by atoms with Crippen molar-refractivity contribution in [2.24, 2.45) is 0 Å². The Bertz CT molecular complexity index is 755. The van der Waals surface area contributed by atoms with Gasteiger partial charge in [-0.15, -0.1) is 0 Å². The minimum absolute atomic E-state index is 0.0184. The number of sulfonamides is 1. The summed E-state index contributed by atoms with van der Waals surface area (Å²) in [6, 6.07) is 13.1. The van der Waals surface area contributed by atoms with E-state index in [0.717, 1.165) is 26.7 Å². The van der Waals surface area contributed by atoms with Gasteiger partial charge in [0.15, 0.2) is 0 Å². The molecular formula is C17H20BrNO2S. The Labute approximate surface area is 140 Å². The highest BCUT2D eigenvalue weighted by Gasteiger charge is 2.17. The molecule has 3 nitrogen and oxygen atoms in total. The van der Waals surface area contributed by atoms with Crippen molar-refractivity contribution in [2.45, 2.75) is 32.6 Å². The highest BCUT2D eigenvalue weighted by atomic mass is 79.9. The number of benzene rings is 2. The van der Waals surface area contributed by atoms with Crippen LogP contribution in [-0.4, -0.2) is 8.42 Å². The van der Waals surface area contributed by atoms with E-state index in [1.54, 1.807) is 0 Å². The fourth-order valence-corrected chi connectivity index (χ4v) is 4.05. The molecule has 2 aromatic rings. The van der Waals surface area contributed by atoms with Crippen molar-refractivity contribution < 1.29 is 8.42 Å². The van der Waals surface area contributed by atoms with Gasteiger partial charge in [0.2, 0.25) is 10.0 Å². The number of aryl methyl sites for hydroxylation is 2. The molecule has 0 fully saturated rings. The second kappa shape index (κ2) is 6.94. The van der Waals surface area contributed by atoms with Crippen LogP contribution in [0.1, 0.15) is 35.2 Å². The summed E-state index contributed by atoms with van der Waals surface area (Å²) >= 11 is 3.35. The molecule has 0 saturated heterocycles. The monoisotopic (exact) mass is 381 g/mol. The maximum absolute atomic E-state index is 12.3. The number of hydrogen-bond donors (Lipinski definition) is 1. The zero-order chi connectivity index (χ0) is 16.3. The molecule has 5 heteroatoms. The molecule has 0 aromatic heterocycles. The van der Waals surface area contributed by atoms with E-state index in [1.807, 2.05) is 63.2 Å². The Morgan fingerprint density at radius 2 is 1.73 bits per heavy atom. The topological polar surface area (TPSA) is 46.2 Å². The van der Waals surface area contributed by atoms with Crippen molar-refractivity contribution in [2.75, 3.05) is 0 Å². The van der Waals surface area contributed by atoms with Gasteiger partial charge in [-0.25, -0.2) is 13.1 Å². The molecule has 118 valence electrons. The fourth-order valence-electron chi connectivity index (χ4n) is 2.40. The molecule has 2 aromatic carbocycles. The minimum Gasteiger partial charge on any atom is -0.212 e. The lowest BCUT2D eigenvalue weighted by molar-refractivity contribution is 0.565. The van der Waals surface area contributed by atoms with Gasteiger partial charge in [-0.05, 0) is 49.6 Å². The predicted octanol–water partition coefficient (Wildman–Crippen LogP) is 4.25. The van der Waals surface area contributed by atoms with Crippen LogP contribution >= 0.6 is 15.9 Å². The van der Waals surface area contributed by atoms with Gasteiger partial charge in [0.05, 0.1) is 5.75 Å². The van der Waals surface area contributed by atoms with Gasteiger partial charge in [-0.3, -0.25) is 0 Å². The summed E-state index contributed by atoms with van der Waals surface area (Å²) in [7, 11) is -3.39. The maximum Gasteiger partial charge on any atom is 0.216 e. The summed E-state index contributed by atoms with van der Waals surface area (Å²) in [6.07, 6.45) is 0. The van der Waals surface area contributed by atoms with Gasteiger partial charge in [-0.1, -0.05) is 51.8 Å². The first kappa shape index (κ1) is 17.2. The van der Waals surface area contributed by atoms with Crippen LogP contribution in [0.4, 0.5) is 0 Å². The average Bonchev–Trinajstić information content (AvgIpc) is 2.43. The number of rotatable bonds is 5. The minimum atomic E-state index is -3.39. The largest absolute Gasteiger partial charge is 0.216 e. The van der Waals surface area contributed by atoms with Gasteiger partial charge in [0.1, 0.15) is 0 Å². The van der Waals surface area contributed by atoms with E-state index in [0.29, 0.717) is 0 Å². The highest BCUT2D eigenvalue weighted by molar-refractivity contribution is 9.10. The molecular weight excluding hydrogens is 362 g/mol. The molecule has 0 bridgehead atoms. The zero-order valence-electron chi connectivity index (χ0n) is 12.9. The third-order valence-corrected chi connectivity index (χ3v) is 5.48. The van der Waals surface area contributed by atoms with Gasteiger partial charge < -0.3 is 0 Å². The van der Waals surface area contributed by atoms with Crippen molar-refractivity contribution >= 4 is 26.0 Å². The normalized spacial score (nSPS) is 13.1. The second-order valence-electron chi connectivity index (χ2n) is 5.59. The second-order valence-corrected chi connectivity index (χ2v) is 8.25. The van der Waals surface area contributed by atoms with E-state index >= 15 is 0 Å². The van der Waals surface area contributed by atoms with Crippen LogP contribution in [0.2, 0.25) is 0 Å². The van der Waals surface area contributed by atoms with Crippen molar-refractivity contribution in [1.82, 2.24) is 4.72 Å². The maximum atomic E-state index is 12.3. The van der Waals surface area contributed by atoms with Crippen LogP contribution in [0.3, 0.4) is 0 Å². The first-order valence-electron chi connectivity index (χ1n) is 7.08. The average molecular weight is 382 g/mol. The smallest absolute Gasteiger partial charge is 0.212 e. The van der Waals surface area contributed by atoms with Crippen molar-refractivity contribution in [3.63, 3.8) is 0 Å². The molecule has 0 aliphatic rings. The Balaban J connectivity index is 2.14. The first-order valence-corrected chi connectivity index (χ1v) is 9.53. The molecule has 0 heterocycles. The molecule has 0 aliphatic carbocycles. The van der Waals surface area contributed by atoms with Gasteiger partial charge in [-0.2, -0.15) is 0 Å². The number of nitrogens with one attached hydrogen (secondary N) is 1. The lowest BCUT2D eigenvalue weighted by atomic mass is 10.0. The van der Waals surface area contributed by atoms with Gasteiger partial charge in [0, 0.05) is 10.5 Å². The standard InChI is InChI=1S/C17H20BrNO2S/c1-12-4-5-13(2)17(10-12)14(3)19-22(20,21)11-15-6-8-16(18)9-7-15/h4-10,14,19H,11H2,1-3H3/t14-/m1/s1. The highest BCUT2D eigenvalue weighted by Crippen LogP contribution is 2.20. The molecule has 22 heavy (non-hydrogen) atoms. The summed E-state index contributed by atoms with van der Waals surface area (Å²) < 4.78 is 28.4. The molecule has 0 spiro atoms. The third-order valence-electron chi connectivity index (χ3n) is 3.53. The number of halogens is 1. The summed E-state index contributed by atoms with van der Waals surface area (Å²) in [5.74, 6) is -0.0184. The first-order chi connectivity index (χ1) is 10.3. The lowest BCUT2D eigenvalue weighted by Gasteiger charge is -2.17. The van der Waals surface area contributed by atoms with E-state index in [2.05, 4.69) is 20.7 Å². The molecule has 1 N–H and O–H groups in total. The van der Waals surface area contributed by atoms with Crippen molar-refractivity contribution in [1.29, 1.82) is 0 Å². The van der Waals surface area contributed by atoms with E-state index < -0.39 is 10.0 Å². The van der Waals surface area contributed by atoms with E-state index in [1.165, 1.54) is 0 Å². The lowest BCUT2D eigenvalue weighted by Crippen LogP contribution is -2.28. The van der Waals surface area contributed by atoms with Crippen molar-refractivity contribution in [3.05, 3.63) is 69.2 Å². The van der Waals surface area contributed by atoms with Crippen LogP contribution < -0.4 is 4.72 Å². The molecule has 0 aliphatic heterocycles. The quantitative estimate of drug-likeness (QED) is 0.841. The molecule has 1 atom stereocenters.